The van der Waals surface area contributed by atoms with Crippen LogP contribution in [-0.4, -0.2) is 23.9 Å². The standard InChI is InChI=1S/C32H47NO2/c1-5-32(6-2,29-15-16-30(26(4)24-29)35-22-12-8-11-21-33)28-14-13-27(25(3)23-28)17-20-31(34)18-9-7-10-19-31/h13-17,20,23-24,34H,5-12,18-19,21-22,33H2,1-4H3. The van der Waals surface area contributed by atoms with Crippen molar-refractivity contribution in [2.75, 3.05) is 13.2 Å². The summed E-state index contributed by atoms with van der Waals surface area (Å²) in [6, 6.07) is 13.6. The van der Waals surface area contributed by atoms with Gasteiger partial charge >= 0.3 is 0 Å². The first-order valence-electron chi connectivity index (χ1n) is 13.8. The summed E-state index contributed by atoms with van der Waals surface area (Å²) in [7, 11) is 0. The van der Waals surface area contributed by atoms with Crippen LogP contribution in [0.1, 0.15) is 106 Å². The van der Waals surface area contributed by atoms with Crippen LogP contribution in [0.15, 0.2) is 42.5 Å². The molecule has 2 aromatic rings. The third-order valence-corrected chi connectivity index (χ3v) is 8.16. The summed E-state index contributed by atoms with van der Waals surface area (Å²) in [5.74, 6) is 0.986. The highest BCUT2D eigenvalue weighted by atomic mass is 16.5. The van der Waals surface area contributed by atoms with E-state index in [0.29, 0.717) is 0 Å². The van der Waals surface area contributed by atoms with Crippen LogP contribution in [0.3, 0.4) is 0 Å². The van der Waals surface area contributed by atoms with Gasteiger partial charge in [-0.2, -0.15) is 0 Å². The zero-order valence-electron chi connectivity index (χ0n) is 22.5. The molecule has 0 amide bonds. The van der Waals surface area contributed by atoms with Gasteiger partial charge in [0.05, 0.1) is 12.2 Å². The molecule has 0 aromatic heterocycles. The molecule has 3 N–H and O–H groups in total. The number of hydrogen-bond acceptors (Lipinski definition) is 3. The fourth-order valence-electron chi connectivity index (χ4n) is 5.68. The predicted molar refractivity (Wildman–Crippen MR) is 149 cm³/mol. The minimum atomic E-state index is -0.633. The highest BCUT2D eigenvalue weighted by Gasteiger charge is 2.31. The Hall–Kier alpha value is -2.10. The molecule has 0 heterocycles. The van der Waals surface area contributed by atoms with Crippen LogP contribution in [0.25, 0.3) is 6.08 Å². The van der Waals surface area contributed by atoms with Crippen molar-refractivity contribution in [1.82, 2.24) is 0 Å². The summed E-state index contributed by atoms with van der Waals surface area (Å²) >= 11 is 0. The second kappa shape index (κ2) is 12.7. The van der Waals surface area contributed by atoms with E-state index in [1.807, 2.05) is 6.08 Å². The molecule has 0 unspecified atom stereocenters. The fraction of sp³-hybridized carbons (Fsp3) is 0.562. The lowest BCUT2D eigenvalue weighted by molar-refractivity contribution is 0.0521. The summed E-state index contributed by atoms with van der Waals surface area (Å²) < 4.78 is 6.08. The Morgan fingerprint density at radius 3 is 2.17 bits per heavy atom. The maximum Gasteiger partial charge on any atom is 0.122 e. The number of aliphatic hydroxyl groups is 1. The van der Waals surface area contributed by atoms with Crippen molar-refractivity contribution in [1.29, 1.82) is 0 Å². The van der Waals surface area contributed by atoms with Gasteiger partial charge in [-0.05, 0) is 99.2 Å². The topological polar surface area (TPSA) is 55.5 Å². The van der Waals surface area contributed by atoms with Gasteiger partial charge in [-0.1, -0.05) is 75.6 Å². The summed E-state index contributed by atoms with van der Waals surface area (Å²) in [5, 5.41) is 10.9. The van der Waals surface area contributed by atoms with Crippen LogP contribution >= 0.6 is 0 Å². The first kappa shape index (κ1) is 27.5. The highest BCUT2D eigenvalue weighted by molar-refractivity contribution is 5.57. The Morgan fingerprint density at radius 2 is 1.57 bits per heavy atom. The largest absolute Gasteiger partial charge is 0.493 e. The number of unbranched alkanes of at least 4 members (excludes halogenated alkanes) is 2. The zero-order valence-corrected chi connectivity index (χ0v) is 22.5. The van der Waals surface area contributed by atoms with Crippen LogP contribution < -0.4 is 10.5 Å². The maximum atomic E-state index is 10.9. The number of benzene rings is 2. The highest BCUT2D eigenvalue weighted by Crippen LogP contribution is 2.41. The number of rotatable bonds is 12. The van der Waals surface area contributed by atoms with E-state index < -0.39 is 5.60 Å². The molecule has 0 saturated heterocycles. The third kappa shape index (κ3) is 6.77. The molecule has 192 valence electrons. The number of nitrogens with two attached hydrogens (primary N) is 1. The smallest absolute Gasteiger partial charge is 0.122 e. The average Bonchev–Trinajstić information content (AvgIpc) is 2.86. The van der Waals surface area contributed by atoms with Gasteiger partial charge in [-0.15, -0.1) is 0 Å². The van der Waals surface area contributed by atoms with Crippen molar-refractivity contribution in [3.63, 3.8) is 0 Å². The van der Waals surface area contributed by atoms with Gasteiger partial charge in [-0.3, -0.25) is 0 Å². The molecular weight excluding hydrogens is 430 g/mol. The van der Waals surface area contributed by atoms with E-state index in [0.717, 1.165) is 76.7 Å². The van der Waals surface area contributed by atoms with Crippen LogP contribution in [0.4, 0.5) is 0 Å². The Bertz CT molecular complexity index is 968. The molecule has 1 fully saturated rings. The van der Waals surface area contributed by atoms with Crippen molar-refractivity contribution in [3.8, 4) is 5.75 Å². The molecule has 35 heavy (non-hydrogen) atoms. The van der Waals surface area contributed by atoms with E-state index in [1.165, 1.54) is 34.2 Å². The van der Waals surface area contributed by atoms with Crippen molar-refractivity contribution >= 4 is 6.08 Å². The second-order valence-corrected chi connectivity index (χ2v) is 10.5. The van der Waals surface area contributed by atoms with E-state index in [1.54, 1.807) is 0 Å². The molecule has 0 aliphatic heterocycles. The Labute approximate surface area is 213 Å². The van der Waals surface area contributed by atoms with Crippen LogP contribution in [0.5, 0.6) is 5.75 Å². The van der Waals surface area contributed by atoms with Gasteiger partial charge < -0.3 is 15.6 Å². The summed E-state index contributed by atoms with van der Waals surface area (Å²) in [6.07, 6.45) is 14.7. The van der Waals surface area contributed by atoms with Crippen LogP contribution in [0, 0.1) is 13.8 Å². The van der Waals surface area contributed by atoms with Gasteiger partial charge in [-0.25, -0.2) is 0 Å². The van der Waals surface area contributed by atoms with E-state index in [-0.39, 0.29) is 5.41 Å². The Morgan fingerprint density at radius 1 is 0.914 bits per heavy atom. The Kier molecular flexibility index (Phi) is 10.0. The van der Waals surface area contributed by atoms with Crippen LogP contribution in [0.2, 0.25) is 0 Å². The molecule has 3 rings (SSSR count). The van der Waals surface area contributed by atoms with Crippen molar-refractivity contribution in [3.05, 3.63) is 70.3 Å². The van der Waals surface area contributed by atoms with Crippen molar-refractivity contribution in [2.45, 2.75) is 103 Å². The molecule has 1 aliphatic carbocycles. The van der Waals surface area contributed by atoms with E-state index >= 15 is 0 Å². The minimum Gasteiger partial charge on any atom is -0.493 e. The fourth-order valence-corrected chi connectivity index (χ4v) is 5.68. The number of hydrogen-bond donors (Lipinski definition) is 2. The maximum absolute atomic E-state index is 10.9. The second-order valence-electron chi connectivity index (χ2n) is 10.5. The molecule has 1 aliphatic rings. The first-order chi connectivity index (χ1) is 16.9. The summed E-state index contributed by atoms with van der Waals surface area (Å²) in [6.45, 7) is 10.4. The van der Waals surface area contributed by atoms with Gasteiger partial charge in [0.15, 0.2) is 0 Å². The molecule has 0 spiro atoms. The van der Waals surface area contributed by atoms with Gasteiger partial charge in [0, 0.05) is 5.41 Å². The number of ether oxygens (including phenoxy) is 1. The molecule has 1 saturated carbocycles. The first-order valence-corrected chi connectivity index (χ1v) is 13.8. The van der Waals surface area contributed by atoms with Crippen LogP contribution in [-0.2, 0) is 5.41 Å². The SMILES string of the molecule is CCC(CC)(c1ccc(C=CC2(O)CCCCC2)c(C)c1)c1ccc(OCCCCCN)c(C)c1. The van der Waals surface area contributed by atoms with E-state index in [2.05, 4.69) is 70.2 Å². The summed E-state index contributed by atoms with van der Waals surface area (Å²) in [4.78, 5) is 0. The Balaban J connectivity index is 1.81. The van der Waals surface area contributed by atoms with Crippen molar-refractivity contribution in [2.24, 2.45) is 5.73 Å². The normalized spacial score (nSPS) is 16.1. The lowest BCUT2D eigenvalue weighted by atomic mass is 9.70. The average molecular weight is 478 g/mol. The number of aryl methyl sites for hydroxylation is 2. The lowest BCUT2D eigenvalue weighted by Gasteiger charge is -2.34. The molecule has 3 heteroatoms. The van der Waals surface area contributed by atoms with E-state index in [4.69, 9.17) is 10.5 Å². The molecule has 2 aromatic carbocycles. The lowest BCUT2D eigenvalue weighted by Crippen LogP contribution is -2.28. The van der Waals surface area contributed by atoms with Crippen molar-refractivity contribution < 1.29 is 9.84 Å². The summed E-state index contributed by atoms with van der Waals surface area (Å²) in [5.41, 5.74) is 11.3. The molecular formula is C32H47NO2. The van der Waals surface area contributed by atoms with E-state index in [9.17, 15) is 5.11 Å². The third-order valence-electron chi connectivity index (χ3n) is 8.16. The molecule has 3 nitrogen and oxygen atoms in total. The quantitative estimate of drug-likeness (QED) is 0.309. The molecule has 0 bridgehead atoms. The van der Waals surface area contributed by atoms with Gasteiger partial charge in [0.2, 0.25) is 0 Å². The molecule has 0 atom stereocenters. The monoisotopic (exact) mass is 477 g/mol. The zero-order chi connectivity index (χ0) is 25.3. The molecule has 0 radical (unpaired) electrons. The predicted octanol–water partition coefficient (Wildman–Crippen LogP) is 7.63. The van der Waals surface area contributed by atoms with Gasteiger partial charge in [0.25, 0.3) is 0 Å². The minimum absolute atomic E-state index is 0.0288. The van der Waals surface area contributed by atoms with Gasteiger partial charge in [0.1, 0.15) is 5.75 Å².